The number of unbranched alkanes of at least 4 members (excludes halogenated alkanes) is 16. The fourth-order valence-electron chi connectivity index (χ4n) is 4.27. The first kappa shape index (κ1) is 27.7. The van der Waals surface area contributed by atoms with Gasteiger partial charge < -0.3 is 0 Å². The summed E-state index contributed by atoms with van der Waals surface area (Å²) in [4.78, 5) is 0. The summed E-state index contributed by atoms with van der Waals surface area (Å²) in [5.41, 5.74) is 0. The smallest absolute Gasteiger partial charge is 0.0351 e. The lowest BCUT2D eigenvalue weighted by Gasteiger charge is -2.14. The molecule has 0 fully saturated rings. The van der Waals surface area contributed by atoms with Crippen molar-refractivity contribution < 1.29 is 0 Å². The maximum atomic E-state index is 2.45. The number of hydrogen-bond acceptors (Lipinski definition) is 0. The van der Waals surface area contributed by atoms with Crippen LogP contribution >= 0.6 is 0 Å². The van der Waals surface area contributed by atoms with Gasteiger partial charge in [0.05, 0.1) is 0 Å². The normalized spacial score (nSPS) is 12.8. The Labute approximate surface area is 180 Å². The molecule has 168 valence electrons. The molecule has 1 atom stereocenters. The van der Waals surface area contributed by atoms with E-state index in [1.807, 2.05) is 0 Å². The third kappa shape index (κ3) is 22.0. The molecular formula is C28H56. The molecule has 0 heterocycles. The van der Waals surface area contributed by atoms with Crippen molar-refractivity contribution in [3.63, 3.8) is 0 Å². The Hall–Kier alpha value is -0.260. The van der Waals surface area contributed by atoms with Gasteiger partial charge in [0.2, 0.25) is 0 Å². The fourth-order valence-corrected chi connectivity index (χ4v) is 4.27. The van der Waals surface area contributed by atoms with Gasteiger partial charge in [0.25, 0.3) is 0 Å². The van der Waals surface area contributed by atoms with Crippen molar-refractivity contribution in [2.24, 2.45) is 5.92 Å². The molecule has 0 heteroatoms. The van der Waals surface area contributed by atoms with E-state index in [1.165, 1.54) is 141 Å². The minimum atomic E-state index is 1.00. The third-order valence-electron chi connectivity index (χ3n) is 6.42. The van der Waals surface area contributed by atoms with E-state index in [4.69, 9.17) is 0 Å². The first-order valence-electron chi connectivity index (χ1n) is 13.5. The van der Waals surface area contributed by atoms with Crippen LogP contribution in [-0.4, -0.2) is 0 Å². The predicted molar refractivity (Wildman–Crippen MR) is 131 cm³/mol. The molecule has 0 rings (SSSR count). The van der Waals surface area contributed by atoms with Crippen molar-refractivity contribution >= 4 is 0 Å². The van der Waals surface area contributed by atoms with Crippen molar-refractivity contribution in [2.45, 2.75) is 162 Å². The lowest BCUT2D eigenvalue weighted by Crippen LogP contribution is -1.99. The number of rotatable bonds is 23. The topological polar surface area (TPSA) is 0 Å². The highest BCUT2D eigenvalue weighted by Crippen LogP contribution is 2.21. The summed E-state index contributed by atoms with van der Waals surface area (Å²) in [6.07, 6.45) is 36.3. The van der Waals surface area contributed by atoms with E-state index in [1.54, 1.807) is 0 Å². The van der Waals surface area contributed by atoms with Gasteiger partial charge in [-0.1, -0.05) is 148 Å². The monoisotopic (exact) mass is 392 g/mol. The number of allylic oxidation sites excluding steroid dienone is 2. The van der Waals surface area contributed by atoms with Crippen LogP contribution < -0.4 is 0 Å². The van der Waals surface area contributed by atoms with Gasteiger partial charge in [0, 0.05) is 0 Å². The maximum absolute atomic E-state index is 2.45. The molecular weight excluding hydrogens is 336 g/mol. The largest absolute Gasteiger partial charge is 0.0885 e. The summed E-state index contributed by atoms with van der Waals surface area (Å²) >= 11 is 0. The Morgan fingerprint density at radius 3 is 1.21 bits per heavy atom. The zero-order chi connectivity index (χ0) is 20.5. The molecule has 0 aliphatic rings. The standard InChI is InChI=1S/C28H56/c1-4-7-9-11-12-13-14-15-16-17-18-19-20-21-23-25-27-28(6-3)26-24-22-10-8-5-2/h18-19,28H,4-17,20-27H2,1-3H3/b19-18+. The first-order chi connectivity index (χ1) is 13.8. The summed E-state index contributed by atoms with van der Waals surface area (Å²) in [7, 11) is 0. The molecule has 28 heavy (non-hydrogen) atoms. The Morgan fingerprint density at radius 2 is 0.786 bits per heavy atom. The zero-order valence-electron chi connectivity index (χ0n) is 20.3. The van der Waals surface area contributed by atoms with E-state index in [0.29, 0.717) is 0 Å². The van der Waals surface area contributed by atoms with E-state index in [2.05, 4.69) is 32.9 Å². The van der Waals surface area contributed by atoms with Crippen molar-refractivity contribution in [1.29, 1.82) is 0 Å². The second kappa shape index (κ2) is 24.8. The summed E-state index contributed by atoms with van der Waals surface area (Å²) in [6.45, 7) is 7.00. The summed E-state index contributed by atoms with van der Waals surface area (Å²) in [6, 6.07) is 0. The molecule has 0 nitrogen and oxygen atoms in total. The van der Waals surface area contributed by atoms with E-state index >= 15 is 0 Å². The highest BCUT2D eigenvalue weighted by molar-refractivity contribution is 4.81. The van der Waals surface area contributed by atoms with Crippen LogP contribution in [-0.2, 0) is 0 Å². The Balaban J connectivity index is 3.29. The Morgan fingerprint density at radius 1 is 0.429 bits per heavy atom. The van der Waals surface area contributed by atoms with Gasteiger partial charge in [-0.2, -0.15) is 0 Å². The van der Waals surface area contributed by atoms with E-state index in [0.717, 1.165) is 5.92 Å². The van der Waals surface area contributed by atoms with Crippen molar-refractivity contribution in [1.82, 2.24) is 0 Å². The van der Waals surface area contributed by atoms with Gasteiger partial charge in [-0.3, -0.25) is 0 Å². The molecule has 0 aliphatic carbocycles. The van der Waals surface area contributed by atoms with Crippen LogP contribution in [0.1, 0.15) is 162 Å². The quantitative estimate of drug-likeness (QED) is 0.120. The van der Waals surface area contributed by atoms with Gasteiger partial charge in [0.15, 0.2) is 0 Å². The van der Waals surface area contributed by atoms with Crippen LogP contribution in [0.15, 0.2) is 12.2 Å². The molecule has 0 aliphatic heterocycles. The van der Waals surface area contributed by atoms with Crippen LogP contribution in [0.5, 0.6) is 0 Å². The van der Waals surface area contributed by atoms with Crippen molar-refractivity contribution in [3.05, 3.63) is 12.2 Å². The van der Waals surface area contributed by atoms with Crippen molar-refractivity contribution in [2.75, 3.05) is 0 Å². The fraction of sp³-hybridized carbons (Fsp3) is 0.929. The average molecular weight is 393 g/mol. The molecule has 0 N–H and O–H groups in total. The second-order valence-electron chi connectivity index (χ2n) is 9.20. The average Bonchev–Trinajstić information content (AvgIpc) is 2.71. The molecule has 0 spiro atoms. The Bertz CT molecular complexity index is 290. The minimum Gasteiger partial charge on any atom is -0.0885 e. The molecule has 0 bridgehead atoms. The van der Waals surface area contributed by atoms with E-state index in [-0.39, 0.29) is 0 Å². The molecule has 0 saturated carbocycles. The van der Waals surface area contributed by atoms with Gasteiger partial charge >= 0.3 is 0 Å². The highest BCUT2D eigenvalue weighted by atomic mass is 14.1. The summed E-state index contributed by atoms with van der Waals surface area (Å²) < 4.78 is 0. The van der Waals surface area contributed by atoms with Gasteiger partial charge in [0.1, 0.15) is 0 Å². The number of hydrogen-bond donors (Lipinski definition) is 0. The SMILES string of the molecule is CCCCCCCCCCC/C=C/CCCCCC(CC)CCCCCCC. The lowest BCUT2D eigenvalue weighted by atomic mass is 9.92. The molecule has 0 radical (unpaired) electrons. The highest BCUT2D eigenvalue weighted by Gasteiger charge is 2.05. The second-order valence-corrected chi connectivity index (χ2v) is 9.20. The van der Waals surface area contributed by atoms with Gasteiger partial charge in [-0.05, 0) is 31.6 Å². The van der Waals surface area contributed by atoms with Crippen LogP contribution in [0.4, 0.5) is 0 Å². The first-order valence-corrected chi connectivity index (χ1v) is 13.5. The van der Waals surface area contributed by atoms with Crippen LogP contribution in [0.25, 0.3) is 0 Å². The van der Waals surface area contributed by atoms with Crippen LogP contribution in [0.2, 0.25) is 0 Å². The van der Waals surface area contributed by atoms with Crippen LogP contribution in [0.3, 0.4) is 0 Å². The van der Waals surface area contributed by atoms with Crippen LogP contribution in [0, 0.1) is 5.92 Å². The van der Waals surface area contributed by atoms with Gasteiger partial charge in [-0.15, -0.1) is 0 Å². The third-order valence-corrected chi connectivity index (χ3v) is 6.42. The molecule has 0 aromatic carbocycles. The lowest BCUT2D eigenvalue weighted by molar-refractivity contribution is 0.395. The summed E-state index contributed by atoms with van der Waals surface area (Å²) in [5, 5.41) is 0. The maximum Gasteiger partial charge on any atom is -0.0351 e. The molecule has 0 aromatic heterocycles. The predicted octanol–water partition coefficient (Wildman–Crippen LogP) is 10.8. The molecule has 1 unspecified atom stereocenters. The molecule has 0 amide bonds. The molecule has 0 aromatic rings. The van der Waals surface area contributed by atoms with E-state index in [9.17, 15) is 0 Å². The summed E-state index contributed by atoms with van der Waals surface area (Å²) in [5.74, 6) is 1.00. The van der Waals surface area contributed by atoms with Gasteiger partial charge in [-0.25, -0.2) is 0 Å². The molecule has 0 saturated heterocycles. The van der Waals surface area contributed by atoms with Crippen molar-refractivity contribution in [3.8, 4) is 0 Å². The van der Waals surface area contributed by atoms with E-state index < -0.39 is 0 Å². The zero-order valence-corrected chi connectivity index (χ0v) is 20.3. The minimum absolute atomic E-state index is 1.00. The Kier molecular flexibility index (Phi) is 24.5.